The Morgan fingerprint density at radius 2 is 1.53 bits per heavy atom. The van der Waals surface area contributed by atoms with Gasteiger partial charge in [0.2, 0.25) is 0 Å². The lowest BCUT2D eigenvalue weighted by molar-refractivity contribution is 0.0692. The highest BCUT2D eigenvalue weighted by Gasteiger charge is 2.33. The first kappa shape index (κ1) is 19.7. The molecule has 4 amide bonds. The minimum atomic E-state index is -0.425. The number of hydrogen-bond acceptors (Lipinski definition) is 4. The van der Waals surface area contributed by atoms with E-state index in [1.165, 1.54) is 25.2 Å². The van der Waals surface area contributed by atoms with Crippen LogP contribution in [0.15, 0.2) is 66.7 Å². The van der Waals surface area contributed by atoms with E-state index < -0.39 is 11.8 Å². The van der Waals surface area contributed by atoms with Gasteiger partial charge in [-0.25, -0.2) is 0 Å². The molecule has 3 aromatic carbocycles. The number of hydrogen-bond donors (Lipinski definition) is 1. The van der Waals surface area contributed by atoms with Crippen molar-refractivity contribution in [2.24, 2.45) is 0 Å². The first-order valence-electron chi connectivity index (χ1n) is 10.2. The molecule has 0 saturated carbocycles. The maximum atomic E-state index is 12.9. The van der Waals surface area contributed by atoms with Crippen LogP contribution in [-0.4, -0.2) is 42.1 Å². The standard InChI is InChI=1S/C25H19N3O4/c1-27-24(31)19-11-8-17(14-20(19)25(27)32)22(29)26-18-9-6-16(7-10-18)23(30)28-13-12-15-4-2-3-5-21(15)28/h2-11,14H,12-13H2,1H3,(H,26,29). The summed E-state index contributed by atoms with van der Waals surface area (Å²) in [5.41, 5.74) is 3.93. The molecule has 0 spiro atoms. The largest absolute Gasteiger partial charge is 0.322 e. The minimum Gasteiger partial charge on any atom is -0.322 e. The molecular formula is C25H19N3O4. The molecule has 7 nitrogen and oxygen atoms in total. The van der Waals surface area contributed by atoms with Crippen molar-refractivity contribution >= 4 is 35.0 Å². The topological polar surface area (TPSA) is 86.8 Å². The fraction of sp³-hybridized carbons (Fsp3) is 0.120. The minimum absolute atomic E-state index is 0.0845. The lowest BCUT2D eigenvalue weighted by atomic mass is 10.1. The average Bonchev–Trinajstić information content (AvgIpc) is 3.34. The molecule has 32 heavy (non-hydrogen) atoms. The Hall–Kier alpha value is -4.26. The van der Waals surface area contributed by atoms with E-state index in [1.807, 2.05) is 24.3 Å². The third-order valence-corrected chi connectivity index (χ3v) is 5.87. The summed E-state index contributed by atoms with van der Waals surface area (Å²) in [7, 11) is 1.41. The molecule has 0 fully saturated rings. The van der Waals surface area contributed by atoms with Gasteiger partial charge in [-0.2, -0.15) is 0 Å². The molecule has 0 bridgehead atoms. The van der Waals surface area contributed by atoms with Gasteiger partial charge in [0.25, 0.3) is 23.6 Å². The molecule has 0 atom stereocenters. The van der Waals surface area contributed by atoms with Crippen LogP contribution in [-0.2, 0) is 6.42 Å². The number of rotatable bonds is 3. The number of para-hydroxylation sites is 1. The Balaban J connectivity index is 1.31. The van der Waals surface area contributed by atoms with Crippen molar-refractivity contribution in [3.05, 3.63) is 94.5 Å². The van der Waals surface area contributed by atoms with E-state index >= 15 is 0 Å². The van der Waals surface area contributed by atoms with Gasteiger partial charge < -0.3 is 10.2 Å². The highest BCUT2D eigenvalue weighted by molar-refractivity contribution is 6.22. The number of carbonyl (C=O) groups excluding carboxylic acids is 4. The summed E-state index contributed by atoms with van der Waals surface area (Å²) < 4.78 is 0. The fourth-order valence-electron chi connectivity index (χ4n) is 4.11. The Kier molecular flexibility index (Phi) is 4.59. The molecule has 2 aliphatic heterocycles. The smallest absolute Gasteiger partial charge is 0.261 e. The number of nitrogens with zero attached hydrogens (tertiary/aromatic N) is 2. The van der Waals surface area contributed by atoms with Crippen molar-refractivity contribution in [2.75, 3.05) is 23.8 Å². The first-order valence-corrected chi connectivity index (χ1v) is 10.2. The molecule has 2 aliphatic rings. The Morgan fingerprint density at radius 1 is 0.844 bits per heavy atom. The number of benzene rings is 3. The number of carbonyl (C=O) groups is 4. The van der Waals surface area contributed by atoms with Crippen LogP contribution in [0.1, 0.15) is 47.0 Å². The van der Waals surface area contributed by atoms with Gasteiger partial charge in [-0.3, -0.25) is 24.1 Å². The van der Waals surface area contributed by atoms with Crippen LogP contribution in [0.4, 0.5) is 11.4 Å². The van der Waals surface area contributed by atoms with E-state index in [-0.39, 0.29) is 22.9 Å². The van der Waals surface area contributed by atoms with E-state index in [9.17, 15) is 19.2 Å². The van der Waals surface area contributed by atoms with Crippen LogP contribution in [0, 0.1) is 0 Å². The predicted octanol–water partition coefficient (Wildman–Crippen LogP) is 3.37. The lowest BCUT2D eigenvalue weighted by Gasteiger charge is -2.17. The molecule has 0 aromatic heterocycles. The second-order valence-corrected chi connectivity index (χ2v) is 7.80. The molecule has 158 valence electrons. The van der Waals surface area contributed by atoms with Crippen LogP contribution in [0.2, 0.25) is 0 Å². The molecule has 1 N–H and O–H groups in total. The zero-order valence-corrected chi connectivity index (χ0v) is 17.3. The molecule has 0 unspecified atom stereocenters. The number of fused-ring (bicyclic) bond motifs is 2. The molecule has 5 rings (SSSR count). The number of amides is 4. The Labute approximate surface area is 184 Å². The van der Waals surface area contributed by atoms with Crippen molar-refractivity contribution in [1.82, 2.24) is 4.90 Å². The van der Waals surface area contributed by atoms with Crippen molar-refractivity contribution in [2.45, 2.75) is 6.42 Å². The first-order chi connectivity index (χ1) is 15.4. The molecule has 0 saturated heterocycles. The summed E-state index contributed by atoms with van der Waals surface area (Å²) in [6, 6.07) is 19.0. The number of anilines is 2. The normalized spacial score (nSPS) is 14.4. The molecule has 0 radical (unpaired) electrons. The van der Waals surface area contributed by atoms with Crippen LogP contribution in [0.5, 0.6) is 0 Å². The molecule has 2 heterocycles. The Morgan fingerprint density at radius 3 is 2.31 bits per heavy atom. The second-order valence-electron chi connectivity index (χ2n) is 7.80. The van der Waals surface area contributed by atoms with Gasteiger partial charge in [-0.15, -0.1) is 0 Å². The third kappa shape index (κ3) is 3.15. The maximum Gasteiger partial charge on any atom is 0.261 e. The fourth-order valence-corrected chi connectivity index (χ4v) is 4.11. The third-order valence-electron chi connectivity index (χ3n) is 5.87. The highest BCUT2D eigenvalue weighted by Crippen LogP contribution is 2.29. The predicted molar refractivity (Wildman–Crippen MR) is 119 cm³/mol. The highest BCUT2D eigenvalue weighted by atomic mass is 16.2. The van der Waals surface area contributed by atoms with Crippen LogP contribution >= 0.6 is 0 Å². The number of imide groups is 1. The summed E-state index contributed by atoms with van der Waals surface area (Å²) in [6.07, 6.45) is 0.834. The summed E-state index contributed by atoms with van der Waals surface area (Å²) in [5, 5.41) is 2.76. The van der Waals surface area contributed by atoms with Gasteiger partial charge in [-0.1, -0.05) is 18.2 Å². The van der Waals surface area contributed by atoms with Gasteiger partial charge in [-0.05, 0) is 60.5 Å². The summed E-state index contributed by atoms with van der Waals surface area (Å²) in [5.74, 6) is -1.29. The van der Waals surface area contributed by atoms with Crippen molar-refractivity contribution in [3.63, 3.8) is 0 Å². The van der Waals surface area contributed by atoms with E-state index in [2.05, 4.69) is 5.32 Å². The van der Waals surface area contributed by atoms with Crippen molar-refractivity contribution in [3.8, 4) is 0 Å². The van der Waals surface area contributed by atoms with Gasteiger partial charge in [0.1, 0.15) is 0 Å². The summed E-state index contributed by atoms with van der Waals surface area (Å²) in [6.45, 7) is 0.644. The maximum absolute atomic E-state index is 12.9. The van der Waals surface area contributed by atoms with Gasteiger partial charge >= 0.3 is 0 Å². The lowest BCUT2D eigenvalue weighted by Crippen LogP contribution is -2.28. The van der Waals surface area contributed by atoms with Crippen LogP contribution in [0.25, 0.3) is 0 Å². The van der Waals surface area contributed by atoms with Crippen molar-refractivity contribution < 1.29 is 19.2 Å². The van der Waals surface area contributed by atoms with Crippen LogP contribution < -0.4 is 10.2 Å². The van der Waals surface area contributed by atoms with Gasteiger partial charge in [0.05, 0.1) is 11.1 Å². The second kappa shape index (κ2) is 7.46. The monoisotopic (exact) mass is 425 g/mol. The van der Waals surface area contributed by atoms with E-state index in [0.717, 1.165) is 22.6 Å². The Bertz CT molecular complexity index is 1300. The molecule has 0 aliphatic carbocycles. The van der Waals surface area contributed by atoms with Crippen molar-refractivity contribution in [1.29, 1.82) is 0 Å². The zero-order valence-electron chi connectivity index (χ0n) is 17.3. The quantitative estimate of drug-likeness (QED) is 0.652. The summed E-state index contributed by atoms with van der Waals surface area (Å²) in [4.78, 5) is 52.5. The average molecular weight is 425 g/mol. The number of nitrogens with one attached hydrogen (secondary N) is 1. The van der Waals surface area contributed by atoms with E-state index in [4.69, 9.17) is 0 Å². The van der Waals surface area contributed by atoms with E-state index in [0.29, 0.717) is 23.4 Å². The zero-order chi connectivity index (χ0) is 22.4. The SMILES string of the molecule is CN1C(=O)c2ccc(C(=O)Nc3ccc(C(=O)N4CCc5ccccc54)cc3)cc2C1=O. The van der Waals surface area contributed by atoms with Gasteiger partial charge in [0.15, 0.2) is 0 Å². The van der Waals surface area contributed by atoms with Crippen LogP contribution in [0.3, 0.4) is 0 Å². The van der Waals surface area contributed by atoms with Gasteiger partial charge in [0, 0.05) is 36.1 Å². The summed E-state index contributed by atoms with van der Waals surface area (Å²) >= 11 is 0. The van der Waals surface area contributed by atoms with E-state index in [1.54, 1.807) is 29.2 Å². The molecular weight excluding hydrogens is 406 g/mol. The molecule has 3 aromatic rings. The molecule has 7 heteroatoms.